The maximum absolute atomic E-state index is 11.5. The van der Waals surface area contributed by atoms with Gasteiger partial charge in [-0.15, -0.1) is 0 Å². The molecule has 0 amide bonds. The van der Waals surface area contributed by atoms with Gasteiger partial charge >= 0.3 is 11.9 Å². The number of esters is 2. The average molecular weight is 304 g/mol. The van der Waals surface area contributed by atoms with Crippen molar-refractivity contribution in [2.75, 3.05) is 14.2 Å². The van der Waals surface area contributed by atoms with Gasteiger partial charge in [0.05, 0.1) is 36.4 Å². The first-order chi connectivity index (χ1) is 8.97. The van der Waals surface area contributed by atoms with Gasteiger partial charge in [0.25, 0.3) is 0 Å². The molecule has 0 heterocycles. The van der Waals surface area contributed by atoms with Gasteiger partial charge in [-0.25, -0.2) is 9.79 Å². The van der Waals surface area contributed by atoms with E-state index in [1.807, 2.05) is 0 Å². The number of hydrogen-bond acceptors (Lipinski definition) is 5. The Morgan fingerprint density at radius 1 is 1.16 bits per heavy atom. The number of ether oxygens (including phenoxy) is 2. The summed E-state index contributed by atoms with van der Waals surface area (Å²) in [6.07, 6.45) is -0.288. The van der Waals surface area contributed by atoms with E-state index >= 15 is 0 Å². The lowest BCUT2D eigenvalue weighted by molar-refractivity contribution is -0.140. The highest BCUT2D eigenvalue weighted by molar-refractivity contribution is 6.42. The molecular weight excluding hydrogens is 293 g/mol. The monoisotopic (exact) mass is 303 g/mol. The summed E-state index contributed by atoms with van der Waals surface area (Å²) >= 11 is 11.6. The van der Waals surface area contributed by atoms with E-state index in [2.05, 4.69) is 14.5 Å². The molecule has 0 aliphatic heterocycles. The van der Waals surface area contributed by atoms with Crippen molar-refractivity contribution >= 4 is 46.5 Å². The minimum atomic E-state index is -0.712. The fourth-order valence-corrected chi connectivity index (χ4v) is 1.49. The molecule has 0 bridgehead atoms. The molecule has 0 aliphatic rings. The molecule has 0 saturated carbocycles. The third-order valence-electron chi connectivity index (χ3n) is 2.13. The first-order valence-corrected chi connectivity index (χ1v) is 5.91. The van der Waals surface area contributed by atoms with Gasteiger partial charge in [-0.3, -0.25) is 4.79 Å². The Bertz CT molecular complexity index is 528. The summed E-state index contributed by atoms with van der Waals surface area (Å²) in [7, 11) is 2.42. The number of benzene rings is 1. The van der Waals surface area contributed by atoms with Crippen molar-refractivity contribution in [3.05, 3.63) is 28.2 Å². The van der Waals surface area contributed by atoms with Crippen molar-refractivity contribution in [1.29, 1.82) is 0 Å². The zero-order valence-corrected chi connectivity index (χ0v) is 11.8. The Balaban J connectivity index is 3.08. The number of carbonyl (C=O) groups excluding carboxylic acids is 2. The number of halogens is 2. The molecule has 0 aliphatic carbocycles. The molecule has 1 aromatic carbocycles. The van der Waals surface area contributed by atoms with Crippen LogP contribution in [-0.4, -0.2) is 31.9 Å². The van der Waals surface area contributed by atoms with Crippen molar-refractivity contribution in [3.63, 3.8) is 0 Å². The smallest absolute Gasteiger partial charge is 0.353 e. The summed E-state index contributed by atoms with van der Waals surface area (Å²) in [5, 5.41) is 0.665. The Morgan fingerprint density at radius 3 is 2.37 bits per heavy atom. The van der Waals surface area contributed by atoms with Gasteiger partial charge < -0.3 is 9.47 Å². The zero-order chi connectivity index (χ0) is 14.4. The van der Waals surface area contributed by atoms with Crippen molar-refractivity contribution in [2.45, 2.75) is 6.42 Å². The van der Waals surface area contributed by atoms with E-state index in [-0.39, 0.29) is 12.1 Å². The van der Waals surface area contributed by atoms with Crippen LogP contribution in [0.2, 0.25) is 10.0 Å². The maximum Gasteiger partial charge on any atom is 0.353 e. The minimum Gasteiger partial charge on any atom is -0.469 e. The van der Waals surface area contributed by atoms with Gasteiger partial charge in [-0.05, 0) is 18.2 Å². The fraction of sp³-hybridized carbons (Fsp3) is 0.250. The summed E-state index contributed by atoms with van der Waals surface area (Å²) in [6.45, 7) is 0. The average Bonchev–Trinajstić information content (AvgIpc) is 2.41. The largest absolute Gasteiger partial charge is 0.469 e. The van der Waals surface area contributed by atoms with Crippen LogP contribution in [0.4, 0.5) is 5.69 Å². The van der Waals surface area contributed by atoms with Gasteiger partial charge in [-0.1, -0.05) is 23.2 Å². The van der Waals surface area contributed by atoms with E-state index < -0.39 is 11.9 Å². The van der Waals surface area contributed by atoms with Crippen LogP contribution in [0, 0.1) is 0 Å². The summed E-state index contributed by atoms with van der Waals surface area (Å²) in [4.78, 5) is 26.7. The third kappa shape index (κ3) is 4.54. The molecule has 0 spiro atoms. The highest BCUT2D eigenvalue weighted by Gasteiger charge is 2.17. The lowest BCUT2D eigenvalue weighted by Gasteiger charge is -2.04. The summed E-state index contributed by atoms with van der Waals surface area (Å²) in [5.74, 6) is -1.30. The molecule has 1 aromatic rings. The Hall–Kier alpha value is -1.59. The molecule has 19 heavy (non-hydrogen) atoms. The first-order valence-electron chi connectivity index (χ1n) is 5.15. The van der Waals surface area contributed by atoms with Gasteiger partial charge in [0.2, 0.25) is 0 Å². The van der Waals surface area contributed by atoms with Crippen LogP contribution in [0.15, 0.2) is 23.2 Å². The normalized spacial score (nSPS) is 11.1. The molecule has 0 fully saturated rings. The first kappa shape index (κ1) is 15.5. The molecule has 7 heteroatoms. The van der Waals surface area contributed by atoms with Crippen LogP contribution in [0.5, 0.6) is 0 Å². The quantitative estimate of drug-likeness (QED) is 0.634. The molecule has 0 saturated heterocycles. The Morgan fingerprint density at radius 2 is 1.84 bits per heavy atom. The molecular formula is C12H11Cl2NO4. The van der Waals surface area contributed by atoms with Crippen LogP contribution in [0.25, 0.3) is 0 Å². The van der Waals surface area contributed by atoms with Crippen LogP contribution >= 0.6 is 23.2 Å². The standard InChI is InChI=1S/C12H11Cl2NO4/c1-18-11(16)6-10(12(17)19-2)15-7-3-4-8(13)9(14)5-7/h3-5H,6H2,1-2H3. The van der Waals surface area contributed by atoms with E-state index in [0.29, 0.717) is 15.7 Å². The molecule has 102 valence electrons. The number of carbonyl (C=O) groups is 2. The van der Waals surface area contributed by atoms with E-state index in [0.717, 1.165) is 0 Å². The van der Waals surface area contributed by atoms with Crippen molar-refractivity contribution in [2.24, 2.45) is 4.99 Å². The van der Waals surface area contributed by atoms with Gasteiger partial charge in [0.15, 0.2) is 0 Å². The van der Waals surface area contributed by atoms with Crippen molar-refractivity contribution < 1.29 is 19.1 Å². The summed E-state index contributed by atoms with van der Waals surface area (Å²) in [5.41, 5.74) is 0.312. The predicted molar refractivity (Wildman–Crippen MR) is 72.2 cm³/mol. The van der Waals surface area contributed by atoms with E-state index in [4.69, 9.17) is 23.2 Å². The summed E-state index contributed by atoms with van der Waals surface area (Å²) < 4.78 is 9.03. The topological polar surface area (TPSA) is 65.0 Å². The van der Waals surface area contributed by atoms with Crippen LogP contribution in [0.3, 0.4) is 0 Å². The van der Waals surface area contributed by atoms with Crippen molar-refractivity contribution in [1.82, 2.24) is 0 Å². The second kappa shape index (κ2) is 7.11. The van der Waals surface area contributed by atoms with E-state index in [9.17, 15) is 9.59 Å². The van der Waals surface area contributed by atoms with E-state index in [1.54, 1.807) is 6.07 Å². The highest BCUT2D eigenvalue weighted by Crippen LogP contribution is 2.26. The molecule has 0 aromatic heterocycles. The highest BCUT2D eigenvalue weighted by atomic mass is 35.5. The van der Waals surface area contributed by atoms with E-state index in [1.165, 1.54) is 26.4 Å². The SMILES string of the molecule is COC(=O)CC(=Nc1ccc(Cl)c(Cl)c1)C(=O)OC. The van der Waals surface area contributed by atoms with Gasteiger partial charge in [0, 0.05) is 0 Å². The lowest BCUT2D eigenvalue weighted by Crippen LogP contribution is -2.20. The second-order valence-electron chi connectivity index (χ2n) is 3.40. The number of methoxy groups -OCH3 is 2. The maximum atomic E-state index is 11.5. The van der Waals surface area contributed by atoms with Crippen molar-refractivity contribution in [3.8, 4) is 0 Å². The molecule has 0 N–H and O–H groups in total. The third-order valence-corrected chi connectivity index (χ3v) is 2.87. The molecule has 1 rings (SSSR count). The molecule has 5 nitrogen and oxygen atoms in total. The molecule has 0 unspecified atom stereocenters. The van der Waals surface area contributed by atoms with Gasteiger partial charge in [0.1, 0.15) is 5.71 Å². The molecule has 0 atom stereocenters. The number of hydrogen-bond donors (Lipinski definition) is 0. The predicted octanol–water partition coefficient (Wildman–Crippen LogP) is 2.80. The van der Waals surface area contributed by atoms with Gasteiger partial charge in [-0.2, -0.15) is 0 Å². The summed E-state index contributed by atoms with van der Waals surface area (Å²) in [6, 6.07) is 4.58. The minimum absolute atomic E-state index is 0.0762. The fourth-order valence-electron chi connectivity index (χ4n) is 1.19. The molecule has 0 radical (unpaired) electrons. The second-order valence-corrected chi connectivity index (χ2v) is 4.22. The zero-order valence-electron chi connectivity index (χ0n) is 10.3. The Labute approximate surface area is 120 Å². The van der Waals surface area contributed by atoms with Crippen LogP contribution in [0.1, 0.15) is 6.42 Å². The Kier molecular flexibility index (Phi) is 5.79. The number of nitrogens with zero attached hydrogens (tertiary/aromatic N) is 1. The van der Waals surface area contributed by atoms with Crippen LogP contribution in [-0.2, 0) is 19.1 Å². The lowest BCUT2D eigenvalue weighted by atomic mass is 10.2. The number of aliphatic imine (C=N–C) groups is 1. The number of rotatable bonds is 4. The van der Waals surface area contributed by atoms with Crippen LogP contribution < -0.4 is 0 Å².